The van der Waals surface area contributed by atoms with E-state index in [-0.39, 0.29) is 17.8 Å². The molecule has 1 unspecified atom stereocenters. The Labute approximate surface area is 174 Å². The highest BCUT2D eigenvalue weighted by atomic mass is 19.1. The largest absolute Gasteiger partial charge is 0.325 e. The van der Waals surface area contributed by atoms with Crippen molar-refractivity contribution in [2.75, 3.05) is 38.0 Å². The van der Waals surface area contributed by atoms with Crippen LogP contribution in [-0.2, 0) is 4.79 Å². The van der Waals surface area contributed by atoms with E-state index in [9.17, 15) is 9.18 Å². The van der Waals surface area contributed by atoms with Gasteiger partial charge in [-0.05, 0) is 53.7 Å². The molecule has 3 aromatic rings. The van der Waals surface area contributed by atoms with Crippen molar-refractivity contribution in [1.82, 2.24) is 30.0 Å². The number of benzene rings is 2. The predicted octanol–water partition coefficient (Wildman–Crippen LogP) is 2.12. The summed E-state index contributed by atoms with van der Waals surface area (Å²) in [7, 11) is 0. The highest BCUT2D eigenvalue weighted by Gasteiger charge is 2.26. The number of rotatable bonds is 6. The first-order valence-corrected chi connectivity index (χ1v) is 9.95. The molecule has 1 N–H and O–H groups in total. The van der Waals surface area contributed by atoms with Gasteiger partial charge in [0.15, 0.2) is 5.82 Å². The Morgan fingerprint density at radius 2 is 1.77 bits per heavy atom. The summed E-state index contributed by atoms with van der Waals surface area (Å²) in [6.45, 7) is 5.57. The highest BCUT2D eigenvalue weighted by molar-refractivity contribution is 5.92. The van der Waals surface area contributed by atoms with Gasteiger partial charge in [-0.2, -0.15) is 4.68 Å². The summed E-state index contributed by atoms with van der Waals surface area (Å²) in [6, 6.07) is 15.7. The Morgan fingerprint density at radius 1 is 1.07 bits per heavy atom. The molecular formula is C21H24FN7O. The molecule has 1 aromatic heterocycles. The van der Waals surface area contributed by atoms with Gasteiger partial charge in [-0.1, -0.05) is 18.2 Å². The molecule has 30 heavy (non-hydrogen) atoms. The fourth-order valence-electron chi connectivity index (χ4n) is 3.62. The van der Waals surface area contributed by atoms with Gasteiger partial charge in [0.25, 0.3) is 0 Å². The molecule has 0 saturated carbocycles. The standard InChI is InChI=1S/C21H24FN7O/c1-16(21-24-25-26-29(21)19-5-3-2-4-6-19)28-13-11-27(12-14-28)15-20(30)23-18-9-7-17(22)8-10-18/h2-10,16H,11-15H2,1H3,(H,23,30). The zero-order valence-corrected chi connectivity index (χ0v) is 16.8. The average molecular weight is 409 g/mol. The van der Waals surface area contributed by atoms with Gasteiger partial charge in [0.05, 0.1) is 18.3 Å². The number of carbonyl (C=O) groups is 1. The summed E-state index contributed by atoms with van der Waals surface area (Å²) in [6.07, 6.45) is 0. The Hall–Kier alpha value is -3.17. The Kier molecular flexibility index (Phi) is 6.10. The molecule has 1 aliphatic heterocycles. The first-order chi connectivity index (χ1) is 14.6. The molecule has 4 rings (SSSR count). The normalized spacial score (nSPS) is 16.3. The number of aromatic nitrogens is 4. The van der Waals surface area contributed by atoms with E-state index in [1.807, 2.05) is 30.3 Å². The Balaban J connectivity index is 1.31. The van der Waals surface area contributed by atoms with Crippen LogP contribution in [0.25, 0.3) is 5.69 Å². The molecule has 156 valence electrons. The van der Waals surface area contributed by atoms with Crippen LogP contribution in [0.3, 0.4) is 0 Å². The van der Waals surface area contributed by atoms with E-state index in [2.05, 4.69) is 37.6 Å². The molecule has 1 saturated heterocycles. The van der Waals surface area contributed by atoms with Crippen LogP contribution in [0, 0.1) is 5.82 Å². The lowest BCUT2D eigenvalue weighted by atomic mass is 10.2. The van der Waals surface area contributed by atoms with Gasteiger partial charge < -0.3 is 5.32 Å². The topological polar surface area (TPSA) is 79.2 Å². The maximum Gasteiger partial charge on any atom is 0.238 e. The summed E-state index contributed by atoms with van der Waals surface area (Å²) >= 11 is 0. The number of hydrogen-bond donors (Lipinski definition) is 1. The minimum Gasteiger partial charge on any atom is -0.325 e. The molecule has 1 amide bonds. The molecule has 0 radical (unpaired) electrons. The van der Waals surface area contributed by atoms with Crippen molar-refractivity contribution in [3.63, 3.8) is 0 Å². The first-order valence-electron chi connectivity index (χ1n) is 9.95. The minimum atomic E-state index is -0.323. The van der Waals surface area contributed by atoms with Crippen molar-refractivity contribution in [2.24, 2.45) is 0 Å². The smallest absolute Gasteiger partial charge is 0.238 e. The number of hydrogen-bond acceptors (Lipinski definition) is 6. The number of para-hydroxylation sites is 1. The second kappa shape index (κ2) is 9.10. The van der Waals surface area contributed by atoms with Gasteiger partial charge in [-0.3, -0.25) is 14.6 Å². The maximum atomic E-state index is 13.0. The van der Waals surface area contributed by atoms with Crippen LogP contribution in [0.2, 0.25) is 0 Å². The van der Waals surface area contributed by atoms with E-state index in [1.165, 1.54) is 12.1 Å². The summed E-state index contributed by atoms with van der Waals surface area (Å²) in [4.78, 5) is 16.7. The number of anilines is 1. The van der Waals surface area contributed by atoms with Crippen LogP contribution in [0.5, 0.6) is 0 Å². The van der Waals surface area contributed by atoms with Crippen molar-refractivity contribution in [3.05, 3.63) is 66.2 Å². The average Bonchev–Trinajstić information content (AvgIpc) is 3.26. The van der Waals surface area contributed by atoms with Crippen molar-refractivity contribution >= 4 is 11.6 Å². The number of tetrazole rings is 1. The third kappa shape index (κ3) is 4.69. The molecule has 9 heteroatoms. The fourth-order valence-corrected chi connectivity index (χ4v) is 3.62. The van der Waals surface area contributed by atoms with E-state index in [0.717, 1.165) is 37.7 Å². The summed E-state index contributed by atoms with van der Waals surface area (Å²) in [5.41, 5.74) is 1.53. The highest BCUT2D eigenvalue weighted by Crippen LogP contribution is 2.21. The predicted molar refractivity (Wildman–Crippen MR) is 111 cm³/mol. The number of piperazine rings is 1. The molecule has 1 fully saturated rings. The third-order valence-electron chi connectivity index (χ3n) is 5.32. The third-order valence-corrected chi connectivity index (χ3v) is 5.32. The lowest BCUT2D eigenvalue weighted by Gasteiger charge is -2.37. The lowest BCUT2D eigenvalue weighted by Crippen LogP contribution is -2.49. The zero-order valence-electron chi connectivity index (χ0n) is 16.8. The number of carbonyl (C=O) groups excluding carboxylic acids is 1. The maximum absolute atomic E-state index is 13.0. The fraction of sp³-hybridized carbons (Fsp3) is 0.333. The second-order valence-electron chi connectivity index (χ2n) is 7.33. The summed E-state index contributed by atoms with van der Waals surface area (Å²) in [5.74, 6) is 0.372. The van der Waals surface area contributed by atoms with Gasteiger partial charge in [-0.15, -0.1) is 5.10 Å². The van der Waals surface area contributed by atoms with E-state index in [1.54, 1.807) is 16.8 Å². The Morgan fingerprint density at radius 3 is 2.47 bits per heavy atom. The van der Waals surface area contributed by atoms with Crippen LogP contribution in [-0.4, -0.2) is 68.6 Å². The number of nitrogens with zero attached hydrogens (tertiary/aromatic N) is 6. The van der Waals surface area contributed by atoms with Gasteiger partial charge >= 0.3 is 0 Å². The van der Waals surface area contributed by atoms with Crippen LogP contribution < -0.4 is 5.32 Å². The van der Waals surface area contributed by atoms with Gasteiger partial charge in [-0.25, -0.2) is 4.39 Å². The molecule has 0 aliphatic carbocycles. The van der Waals surface area contributed by atoms with E-state index in [4.69, 9.17) is 0 Å². The van der Waals surface area contributed by atoms with E-state index >= 15 is 0 Å². The molecule has 0 spiro atoms. The van der Waals surface area contributed by atoms with E-state index < -0.39 is 0 Å². The minimum absolute atomic E-state index is 0.0513. The molecule has 2 heterocycles. The summed E-state index contributed by atoms with van der Waals surface area (Å²) in [5, 5.41) is 15.1. The second-order valence-corrected chi connectivity index (χ2v) is 7.33. The van der Waals surface area contributed by atoms with Gasteiger partial charge in [0, 0.05) is 31.9 Å². The van der Waals surface area contributed by atoms with Gasteiger partial charge in [0.1, 0.15) is 5.82 Å². The number of halogens is 1. The molecule has 0 bridgehead atoms. The molecule has 1 aliphatic rings. The SMILES string of the molecule is CC(c1nnnn1-c1ccccc1)N1CCN(CC(=O)Nc2ccc(F)cc2)CC1. The van der Waals surface area contributed by atoms with Gasteiger partial charge in [0.2, 0.25) is 5.91 Å². The van der Waals surface area contributed by atoms with Crippen LogP contribution in [0.4, 0.5) is 10.1 Å². The van der Waals surface area contributed by atoms with Crippen LogP contribution in [0.15, 0.2) is 54.6 Å². The molecule has 8 nitrogen and oxygen atoms in total. The van der Waals surface area contributed by atoms with Crippen molar-refractivity contribution in [1.29, 1.82) is 0 Å². The number of amides is 1. The summed E-state index contributed by atoms with van der Waals surface area (Å²) < 4.78 is 14.8. The monoisotopic (exact) mass is 409 g/mol. The molecular weight excluding hydrogens is 385 g/mol. The molecule has 1 atom stereocenters. The first kappa shape index (κ1) is 20.1. The van der Waals surface area contributed by atoms with E-state index in [0.29, 0.717) is 12.2 Å². The van der Waals surface area contributed by atoms with Crippen molar-refractivity contribution in [2.45, 2.75) is 13.0 Å². The lowest BCUT2D eigenvalue weighted by molar-refractivity contribution is -0.117. The zero-order chi connectivity index (χ0) is 20.9. The quantitative estimate of drug-likeness (QED) is 0.672. The van der Waals surface area contributed by atoms with Crippen molar-refractivity contribution < 1.29 is 9.18 Å². The van der Waals surface area contributed by atoms with Crippen molar-refractivity contribution in [3.8, 4) is 5.69 Å². The number of nitrogens with one attached hydrogen (secondary N) is 1. The van der Waals surface area contributed by atoms with Crippen LogP contribution in [0.1, 0.15) is 18.8 Å². The van der Waals surface area contributed by atoms with Crippen LogP contribution >= 0.6 is 0 Å². The Bertz CT molecular complexity index is 969. The molecule has 2 aromatic carbocycles.